The molecule has 2 fully saturated rings. The highest BCUT2D eigenvalue weighted by Crippen LogP contribution is 2.37. The molecule has 6 nitrogen and oxygen atoms in total. The summed E-state index contributed by atoms with van der Waals surface area (Å²) in [6.07, 6.45) is 5.68. The molecule has 0 N–H and O–H groups in total. The molecule has 0 saturated carbocycles. The third-order valence-corrected chi connectivity index (χ3v) is 6.00. The van der Waals surface area contributed by atoms with E-state index in [1.807, 2.05) is 35.1 Å². The van der Waals surface area contributed by atoms with E-state index < -0.39 is 5.41 Å². The van der Waals surface area contributed by atoms with Crippen molar-refractivity contribution >= 4 is 11.9 Å². The van der Waals surface area contributed by atoms with Gasteiger partial charge in [-0.15, -0.1) is 0 Å². The van der Waals surface area contributed by atoms with Gasteiger partial charge >= 0.3 is 5.97 Å². The van der Waals surface area contributed by atoms with Crippen molar-refractivity contribution in [3.63, 3.8) is 0 Å². The van der Waals surface area contributed by atoms with E-state index in [0.29, 0.717) is 26.1 Å². The van der Waals surface area contributed by atoms with Crippen molar-refractivity contribution in [2.24, 2.45) is 5.41 Å². The van der Waals surface area contributed by atoms with Crippen LogP contribution in [-0.4, -0.2) is 61.2 Å². The molecule has 3 rings (SSSR count). The first kappa shape index (κ1) is 21.8. The van der Waals surface area contributed by atoms with E-state index in [4.69, 9.17) is 9.57 Å². The Bertz CT molecular complexity index is 660. The van der Waals surface area contributed by atoms with Gasteiger partial charge in [-0.3, -0.25) is 14.4 Å². The normalized spacial score (nSPS) is 22.6. The van der Waals surface area contributed by atoms with Crippen LogP contribution in [0.15, 0.2) is 30.3 Å². The predicted octanol–water partition coefficient (Wildman–Crippen LogP) is 3.21. The van der Waals surface area contributed by atoms with Gasteiger partial charge in [0.2, 0.25) is 5.91 Å². The van der Waals surface area contributed by atoms with Crippen molar-refractivity contribution in [2.45, 2.75) is 51.9 Å². The molecule has 1 aromatic carbocycles. The van der Waals surface area contributed by atoms with E-state index in [2.05, 4.69) is 12.1 Å². The van der Waals surface area contributed by atoms with Gasteiger partial charge in [-0.1, -0.05) is 30.3 Å². The lowest BCUT2D eigenvalue weighted by atomic mass is 9.75. The van der Waals surface area contributed by atoms with Crippen molar-refractivity contribution in [3.05, 3.63) is 35.9 Å². The molecule has 29 heavy (non-hydrogen) atoms. The van der Waals surface area contributed by atoms with Gasteiger partial charge in [0, 0.05) is 32.6 Å². The molecule has 2 heterocycles. The number of carbonyl (C=O) groups is 2. The standard InChI is InChI=1S/C23H34N2O4/c1-2-28-22(27)23(13-6-11-20-9-4-3-5-10-20)14-7-15-24(19-23)21(26)12-17-25-16-8-18-29-25/h3-5,9-10H,2,6-8,11-19H2,1H3/t23-/m0/s1. The molecule has 1 atom stereocenters. The molecule has 0 aliphatic carbocycles. The van der Waals surface area contributed by atoms with Gasteiger partial charge in [0.1, 0.15) is 0 Å². The highest BCUT2D eigenvalue weighted by atomic mass is 16.7. The topological polar surface area (TPSA) is 59.1 Å². The Morgan fingerprint density at radius 3 is 2.72 bits per heavy atom. The van der Waals surface area contributed by atoms with Crippen LogP contribution in [-0.2, 0) is 25.6 Å². The number of likely N-dealkylation sites (tertiary alicyclic amines) is 1. The highest BCUT2D eigenvalue weighted by molar-refractivity contribution is 5.81. The quantitative estimate of drug-likeness (QED) is 0.594. The monoisotopic (exact) mass is 402 g/mol. The summed E-state index contributed by atoms with van der Waals surface area (Å²) in [5.74, 6) is -0.0367. The number of rotatable bonds is 9. The molecule has 2 aliphatic rings. The Morgan fingerprint density at radius 2 is 2.00 bits per heavy atom. The Labute approximate surface area is 174 Å². The molecular formula is C23H34N2O4. The molecule has 1 amide bonds. The van der Waals surface area contributed by atoms with Gasteiger partial charge in [-0.2, -0.15) is 5.06 Å². The van der Waals surface area contributed by atoms with Crippen molar-refractivity contribution in [1.82, 2.24) is 9.96 Å². The van der Waals surface area contributed by atoms with Crippen LogP contribution < -0.4 is 0 Å². The lowest BCUT2D eigenvalue weighted by Crippen LogP contribution is -2.51. The third-order valence-electron chi connectivity index (χ3n) is 6.00. The predicted molar refractivity (Wildman–Crippen MR) is 111 cm³/mol. The molecule has 2 aliphatic heterocycles. The number of aryl methyl sites for hydroxylation is 1. The van der Waals surface area contributed by atoms with E-state index >= 15 is 0 Å². The molecule has 160 valence electrons. The van der Waals surface area contributed by atoms with E-state index in [-0.39, 0.29) is 11.9 Å². The number of nitrogens with zero attached hydrogens (tertiary/aromatic N) is 2. The van der Waals surface area contributed by atoms with E-state index in [0.717, 1.165) is 58.2 Å². The first-order valence-electron chi connectivity index (χ1n) is 11.0. The van der Waals surface area contributed by atoms with E-state index in [1.165, 1.54) is 5.56 Å². The van der Waals surface area contributed by atoms with Gasteiger partial charge in [0.15, 0.2) is 0 Å². The van der Waals surface area contributed by atoms with Crippen molar-refractivity contribution < 1.29 is 19.2 Å². The Balaban J connectivity index is 1.59. The molecule has 0 spiro atoms. The second-order valence-electron chi connectivity index (χ2n) is 8.12. The maximum Gasteiger partial charge on any atom is 0.313 e. The number of esters is 1. The van der Waals surface area contributed by atoms with Crippen LogP contribution in [0.5, 0.6) is 0 Å². The minimum Gasteiger partial charge on any atom is -0.466 e. The summed E-state index contributed by atoms with van der Waals surface area (Å²) in [6.45, 7) is 5.66. The van der Waals surface area contributed by atoms with Crippen LogP contribution in [0.25, 0.3) is 0 Å². The first-order valence-corrected chi connectivity index (χ1v) is 11.0. The summed E-state index contributed by atoms with van der Waals surface area (Å²) in [7, 11) is 0. The second-order valence-corrected chi connectivity index (χ2v) is 8.12. The molecule has 2 saturated heterocycles. The Kier molecular flexibility index (Phi) is 8.07. The van der Waals surface area contributed by atoms with Crippen molar-refractivity contribution in [3.8, 4) is 0 Å². The summed E-state index contributed by atoms with van der Waals surface area (Å²) in [6, 6.07) is 10.3. The maximum absolute atomic E-state index is 12.9. The van der Waals surface area contributed by atoms with Crippen molar-refractivity contribution in [2.75, 3.05) is 39.4 Å². The summed E-state index contributed by atoms with van der Waals surface area (Å²) in [4.78, 5) is 33.1. The van der Waals surface area contributed by atoms with Crippen LogP contribution in [0, 0.1) is 5.41 Å². The number of hydroxylamine groups is 2. The van der Waals surface area contributed by atoms with Crippen LogP contribution in [0.3, 0.4) is 0 Å². The number of piperidine rings is 1. The lowest BCUT2D eigenvalue weighted by Gasteiger charge is -2.41. The van der Waals surface area contributed by atoms with E-state index in [9.17, 15) is 9.59 Å². The smallest absolute Gasteiger partial charge is 0.313 e. The number of ether oxygens (including phenoxy) is 1. The molecule has 0 bridgehead atoms. The van der Waals surface area contributed by atoms with Gasteiger partial charge in [0.25, 0.3) is 0 Å². The minimum atomic E-state index is -0.581. The number of hydrogen-bond donors (Lipinski definition) is 0. The van der Waals surface area contributed by atoms with Crippen LogP contribution in [0.1, 0.15) is 51.0 Å². The zero-order chi connectivity index (χ0) is 20.5. The van der Waals surface area contributed by atoms with Crippen LogP contribution in [0.2, 0.25) is 0 Å². The highest BCUT2D eigenvalue weighted by Gasteiger charge is 2.44. The number of benzene rings is 1. The molecule has 6 heteroatoms. The van der Waals surface area contributed by atoms with Gasteiger partial charge in [-0.25, -0.2) is 0 Å². The fourth-order valence-corrected chi connectivity index (χ4v) is 4.43. The fraction of sp³-hybridized carbons (Fsp3) is 0.652. The summed E-state index contributed by atoms with van der Waals surface area (Å²) >= 11 is 0. The van der Waals surface area contributed by atoms with Crippen LogP contribution >= 0.6 is 0 Å². The van der Waals surface area contributed by atoms with Crippen molar-refractivity contribution in [1.29, 1.82) is 0 Å². The van der Waals surface area contributed by atoms with E-state index in [1.54, 1.807) is 0 Å². The number of hydrogen-bond acceptors (Lipinski definition) is 5. The summed E-state index contributed by atoms with van der Waals surface area (Å²) in [5, 5.41) is 1.88. The zero-order valence-electron chi connectivity index (χ0n) is 17.6. The molecule has 0 unspecified atom stereocenters. The Morgan fingerprint density at radius 1 is 1.17 bits per heavy atom. The average molecular weight is 403 g/mol. The van der Waals surface area contributed by atoms with Gasteiger partial charge < -0.3 is 9.64 Å². The minimum absolute atomic E-state index is 0.108. The largest absolute Gasteiger partial charge is 0.466 e. The summed E-state index contributed by atoms with van der Waals surface area (Å²) < 4.78 is 5.45. The average Bonchev–Trinajstić information content (AvgIpc) is 3.27. The fourth-order valence-electron chi connectivity index (χ4n) is 4.43. The Hall–Kier alpha value is -1.92. The molecular weight excluding hydrogens is 368 g/mol. The zero-order valence-corrected chi connectivity index (χ0v) is 17.6. The molecule has 0 aromatic heterocycles. The maximum atomic E-state index is 12.9. The van der Waals surface area contributed by atoms with Gasteiger partial charge in [-0.05, 0) is 51.0 Å². The van der Waals surface area contributed by atoms with Crippen LogP contribution in [0.4, 0.5) is 0 Å². The first-order chi connectivity index (χ1) is 14.1. The third kappa shape index (κ3) is 6.03. The lowest BCUT2D eigenvalue weighted by molar-refractivity contribution is -0.162. The number of carbonyl (C=O) groups excluding carboxylic acids is 2. The van der Waals surface area contributed by atoms with Gasteiger partial charge in [0.05, 0.1) is 18.6 Å². The molecule has 1 aromatic rings. The number of amides is 1. The summed E-state index contributed by atoms with van der Waals surface area (Å²) in [5.41, 5.74) is 0.698. The second kappa shape index (κ2) is 10.7. The SMILES string of the molecule is CCOC(=O)[C@@]1(CCCc2ccccc2)CCCN(C(=O)CCN2CCCO2)C1. The molecule has 0 radical (unpaired) electrons.